The average molecular weight is 248 g/mol. The Labute approximate surface area is 107 Å². The lowest BCUT2D eigenvalue weighted by Crippen LogP contribution is -2.48. The largest absolute Gasteiger partial charge is 0.399 e. The van der Waals surface area contributed by atoms with Gasteiger partial charge in [-0.2, -0.15) is 0 Å². The number of carbonyl (C=O) groups excluding carboxylic acids is 1. The number of benzene rings is 1. The third-order valence-corrected chi connectivity index (χ3v) is 3.44. The van der Waals surface area contributed by atoms with Crippen LogP contribution in [0.5, 0.6) is 0 Å². The van der Waals surface area contributed by atoms with E-state index in [9.17, 15) is 9.90 Å². The number of nitrogens with two attached hydrogens (primary N) is 1. The Bertz CT molecular complexity index is 469. The van der Waals surface area contributed by atoms with Gasteiger partial charge in [0.1, 0.15) is 0 Å². The maximum absolute atomic E-state index is 12.4. The number of aliphatic hydroxyl groups is 1. The fourth-order valence-corrected chi connectivity index (χ4v) is 2.49. The van der Waals surface area contributed by atoms with Crippen molar-refractivity contribution in [3.8, 4) is 0 Å². The fourth-order valence-electron chi connectivity index (χ4n) is 2.49. The predicted molar refractivity (Wildman–Crippen MR) is 71.4 cm³/mol. The second-order valence-electron chi connectivity index (χ2n) is 5.40. The number of carbonyl (C=O) groups is 1. The summed E-state index contributed by atoms with van der Waals surface area (Å²) in [6.45, 7) is 4.77. The van der Waals surface area contributed by atoms with Gasteiger partial charge in [-0.25, -0.2) is 0 Å². The monoisotopic (exact) mass is 248 g/mol. The zero-order valence-corrected chi connectivity index (χ0v) is 10.9. The van der Waals surface area contributed by atoms with Crippen molar-refractivity contribution < 1.29 is 9.90 Å². The molecule has 1 aliphatic heterocycles. The van der Waals surface area contributed by atoms with Crippen LogP contribution in [0.15, 0.2) is 18.2 Å². The molecule has 0 spiro atoms. The van der Waals surface area contributed by atoms with Crippen LogP contribution in [0, 0.1) is 6.92 Å². The molecule has 0 bridgehead atoms. The van der Waals surface area contributed by atoms with Gasteiger partial charge in [0.2, 0.25) is 0 Å². The molecule has 1 fully saturated rings. The highest BCUT2D eigenvalue weighted by atomic mass is 16.3. The topological polar surface area (TPSA) is 66.6 Å². The molecule has 0 aliphatic carbocycles. The SMILES string of the molecule is Cc1cc(N)ccc1C(=O)N1CCCC(C)(O)C1. The van der Waals surface area contributed by atoms with E-state index in [1.54, 1.807) is 30.0 Å². The highest BCUT2D eigenvalue weighted by Crippen LogP contribution is 2.23. The van der Waals surface area contributed by atoms with Crippen molar-refractivity contribution in [1.82, 2.24) is 4.90 Å². The fraction of sp³-hybridized carbons (Fsp3) is 0.500. The van der Waals surface area contributed by atoms with Crippen LogP contribution >= 0.6 is 0 Å². The van der Waals surface area contributed by atoms with E-state index in [-0.39, 0.29) is 5.91 Å². The zero-order chi connectivity index (χ0) is 13.3. The Hall–Kier alpha value is -1.55. The number of amides is 1. The molecule has 1 atom stereocenters. The van der Waals surface area contributed by atoms with Gasteiger partial charge in [-0.3, -0.25) is 4.79 Å². The van der Waals surface area contributed by atoms with E-state index >= 15 is 0 Å². The molecular formula is C14H20N2O2. The van der Waals surface area contributed by atoms with Crippen LogP contribution in [0.3, 0.4) is 0 Å². The lowest BCUT2D eigenvalue weighted by Gasteiger charge is -2.37. The minimum atomic E-state index is -0.768. The molecule has 0 radical (unpaired) electrons. The van der Waals surface area contributed by atoms with Crippen molar-refractivity contribution in [3.05, 3.63) is 29.3 Å². The minimum absolute atomic E-state index is 0.0209. The molecule has 3 N–H and O–H groups in total. The molecule has 18 heavy (non-hydrogen) atoms. The number of hydrogen-bond acceptors (Lipinski definition) is 3. The lowest BCUT2D eigenvalue weighted by molar-refractivity contribution is -0.0107. The van der Waals surface area contributed by atoms with Crippen LogP contribution < -0.4 is 5.73 Å². The molecule has 1 aromatic rings. The second kappa shape index (κ2) is 4.61. The molecule has 4 heteroatoms. The van der Waals surface area contributed by atoms with Gasteiger partial charge in [-0.1, -0.05) is 0 Å². The average Bonchev–Trinajstić information content (AvgIpc) is 2.27. The number of piperidine rings is 1. The second-order valence-corrected chi connectivity index (χ2v) is 5.40. The van der Waals surface area contributed by atoms with Gasteiger partial charge in [0.05, 0.1) is 5.60 Å². The smallest absolute Gasteiger partial charge is 0.254 e. The number of rotatable bonds is 1. The molecule has 1 saturated heterocycles. The van der Waals surface area contributed by atoms with Crippen LogP contribution in [-0.4, -0.2) is 34.6 Å². The maximum atomic E-state index is 12.4. The van der Waals surface area contributed by atoms with E-state index in [1.807, 2.05) is 6.92 Å². The van der Waals surface area contributed by atoms with Gasteiger partial charge < -0.3 is 15.7 Å². The maximum Gasteiger partial charge on any atom is 0.254 e. The Morgan fingerprint density at radius 1 is 1.50 bits per heavy atom. The van der Waals surface area contributed by atoms with Crippen molar-refractivity contribution in [2.24, 2.45) is 0 Å². The molecule has 0 saturated carbocycles. The van der Waals surface area contributed by atoms with Gasteiger partial charge in [0, 0.05) is 24.3 Å². The normalized spacial score (nSPS) is 24.1. The number of hydrogen-bond donors (Lipinski definition) is 2. The van der Waals surface area contributed by atoms with Crippen LogP contribution in [0.1, 0.15) is 35.7 Å². The number of nitrogen functional groups attached to an aromatic ring is 1. The molecule has 2 rings (SSSR count). The number of β-amino-alcohol motifs (C(OH)–C–C–N with tert-alkyl or cyclic N) is 1. The standard InChI is InChI=1S/C14H20N2O2/c1-10-8-11(15)4-5-12(10)13(17)16-7-3-6-14(2,18)9-16/h4-5,8,18H,3,6-7,9,15H2,1-2H3. The number of aryl methyl sites for hydroxylation is 1. The highest BCUT2D eigenvalue weighted by molar-refractivity contribution is 5.96. The molecule has 0 aromatic heterocycles. The molecule has 1 heterocycles. The summed E-state index contributed by atoms with van der Waals surface area (Å²) in [4.78, 5) is 14.1. The number of anilines is 1. The Morgan fingerprint density at radius 2 is 2.22 bits per heavy atom. The van der Waals surface area contributed by atoms with Crippen molar-refractivity contribution in [3.63, 3.8) is 0 Å². The van der Waals surface area contributed by atoms with E-state index in [4.69, 9.17) is 5.73 Å². The first-order valence-electron chi connectivity index (χ1n) is 6.27. The highest BCUT2D eigenvalue weighted by Gasteiger charge is 2.31. The molecule has 98 valence electrons. The van der Waals surface area contributed by atoms with Crippen molar-refractivity contribution in [1.29, 1.82) is 0 Å². The first-order chi connectivity index (χ1) is 8.39. The zero-order valence-electron chi connectivity index (χ0n) is 10.9. The summed E-state index contributed by atoms with van der Waals surface area (Å²) < 4.78 is 0. The van der Waals surface area contributed by atoms with Crippen molar-refractivity contribution >= 4 is 11.6 Å². The molecule has 1 amide bonds. The Kier molecular flexibility index (Phi) is 3.30. The van der Waals surface area contributed by atoms with Gasteiger partial charge in [-0.15, -0.1) is 0 Å². The summed E-state index contributed by atoms with van der Waals surface area (Å²) in [6, 6.07) is 5.30. The molecule has 1 unspecified atom stereocenters. The predicted octanol–water partition coefficient (Wildman–Crippen LogP) is 1.56. The first-order valence-corrected chi connectivity index (χ1v) is 6.27. The van der Waals surface area contributed by atoms with E-state index in [2.05, 4.69) is 0 Å². The molecule has 1 aliphatic rings. The lowest BCUT2D eigenvalue weighted by atomic mass is 9.94. The van der Waals surface area contributed by atoms with E-state index in [0.717, 1.165) is 18.4 Å². The van der Waals surface area contributed by atoms with Crippen molar-refractivity contribution in [2.75, 3.05) is 18.8 Å². The number of likely N-dealkylation sites (tertiary alicyclic amines) is 1. The van der Waals surface area contributed by atoms with E-state index < -0.39 is 5.60 Å². The summed E-state index contributed by atoms with van der Waals surface area (Å²) in [6.07, 6.45) is 1.59. The summed E-state index contributed by atoms with van der Waals surface area (Å²) in [5.41, 5.74) is 7.13. The van der Waals surface area contributed by atoms with E-state index in [0.29, 0.717) is 24.3 Å². The van der Waals surface area contributed by atoms with Crippen LogP contribution in [0.25, 0.3) is 0 Å². The quantitative estimate of drug-likeness (QED) is 0.741. The van der Waals surface area contributed by atoms with Crippen molar-refractivity contribution in [2.45, 2.75) is 32.3 Å². The first kappa shape index (κ1) is 12.9. The van der Waals surface area contributed by atoms with Crippen LogP contribution in [0.2, 0.25) is 0 Å². The summed E-state index contributed by atoms with van der Waals surface area (Å²) in [5, 5.41) is 10.0. The summed E-state index contributed by atoms with van der Waals surface area (Å²) in [7, 11) is 0. The van der Waals surface area contributed by atoms with Crippen LogP contribution in [-0.2, 0) is 0 Å². The van der Waals surface area contributed by atoms with Gasteiger partial charge in [0.15, 0.2) is 0 Å². The molecular weight excluding hydrogens is 228 g/mol. The number of nitrogens with zero attached hydrogens (tertiary/aromatic N) is 1. The van der Waals surface area contributed by atoms with Crippen LogP contribution in [0.4, 0.5) is 5.69 Å². The Balaban J connectivity index is 2.20. The van der Waals surface area contributed by atoms with Gasteiger partial charge in [-0.05, 0) is 50.5 Å². The third-order valence-electron chi connectivity index (χ3n) is 3.44. The Morgan fingerprint density at radius 3 is 2.83 bits per heavy atom. The van der Waals surface area contributed by atoms with Gasteiger partial charge >= 0.3 is 0 Å². The minimum Gasteiger partial charge on any atom is -0.399 e. The summed E-state index contributed by atoms with van der Waals surface area (Å²) in [5.74, 6) is -0.0209. The third kappa shape index (κ3) is 2.64. The van der Waals surface area contributed by atoms with Gasteiger partial charge in [0.25, 0.3) is 5.91 Å². The van der Waals surface area contributed by atoms with E-state index in [1.165, 1.54) is 0 Å². The molecule has 1 aromatic carbocycles. The summed E-state index contributed by atoms with van der Waals surface area (Å²) >= 11 is 0. The molecule has 4 nitrogen and oxygen atoms in total.